The van der Waals surface area contributed by atoms with E-state index >= 15 is 0 Å². The molecule has 0 N–H and O–H groups in total. The molecule has 103 valence electrons. The van der Waals surface area contributed by atoms with Gasteiger partial charge in [0.15, 0.2) is 0 Å². The molecular weight excluding hydrogens is 244 g/mol. The zero-order chi connectivity index (χ0) is 13.8. The lowest BCUT2D eigenvalue weighted by Crippen LogP contribution is -2.45. The SMILES string of the molecule is [CH2]c1ccc(N2CCN(Cc3ccccc3)CC2)cc1. The summed E-state index contributed by atoms with van der Waals surface area (Å²) in [4.78, 5) is 4.99. The second-order valence-electron chi connectivity index (χ2n) is 5.42. The van der Waals surface area contributed by atoms with Crippen LogP contribution in [0.4, 0.5) is 5.69 Å². The Morgan fingerprint density at radius 3 is 2.10 bits per heavy atom. The number of nitrogens with zero attached hydrogens (tertiary/aromatic N) is 2. The van der Waals surface area contributed by atoms with E-state index in [2.05, 4.69) is 71.3 Å². The standard InChI is InChI=1S/C18H21N2/c1-16-7-9-18(10-8-16)20-13-11-19(12-14-20)15-17-5-3-2-4-6-17/h2-10H,1,11-15H2. The summed E-state index contributed by atoms with van der Waals surface area (Å²) in [6.07, 6.45) is 0. The Hall–Kier alpha value is -1.80. The highest BCUT2D eigenvalue weighted by Gasteiger charge is 2.16. The summed E-state index contributed by atoms with van der Waals surface area (Å²) in [5.41, 5.74) is 3.80. The molecule has 1 aliphatic heterocycles. The number of benzene rings is 2. The van der Waals surface area contributed by atoms with Crippen LogP contribution in [0.1, 0.15) is 11.1 Å². The Kier molecular flexibility index (Phi) is 4.03. The van der Waals surface area contributed by atoms with Gasteiger partial charge in [-0.3, -0.25) is 4.90 Å². The number of hydrogen-bond donors (Lipinski definition) is 0. The van der Waals surface area contributed by atoms with Gasteiger partial charge in [-0.25, -0.2) is 0 Å². The van der Waals surface area contributed by atoms with E-state index in [1.807, 2.05) is 0 Å². The van der Waals surface area contributed by atoms with Crippen LogP contribution in [0.15, 0.2) is 54.6 Å². The van der Waals surface area contributed by atoms with Crippen molar-refractivity contribution < 1.29 is 0 Å². The lowest BCUT2D eigenvalue weighted by atomic mass is 10.1. The molecule has 20 heavy (non-hydrogen) atoms. The normalized spacial score (nSPS) is 16.4. The van der Waals surface area contributed by atoms with Crippen LogP contribution >= 0.6 is 0 Å². The van der Waals surface area contributed by atoms with Gasteiger partial charge >= 0.3 is 0 Å². The van der Waals surface area contributed by atoms with Crippen LogP contribution in [0.3, 0.4) is 0 Å². The average Bonchev–Trinajstić information content (AvgIpc) is 2.50. The van der Waals surface area contributed by atoms with E-state index in [0.29, 0.717) is 0 Å². The summed E-state index contributed by atoms with van der Waals surface area (Å²) in [6, 6.07) is 19.3. The van der Waals surface area contributed by atoms with E-state index in [4.69, 9.17) is 0 Å². The molecule has 1 aliphatic rings. The molecule has 2 heteroatoms. The number of rotatable bonds is 3. The Bertz CT molecular complexity index is 525. The summed E-state index contributed by atoms with van der Waals surface area (Å²) < 4.78 is 0. The molecule has 1 saturated heterocycles. The summed E-state index contributed by atoms with van der Waals surface area (Å²) in [7, 11) is 0. The van der Waals surface area contributed by atoms with Crippen molar-refractivity contribution in [2.24, 2.45) is 0 Å². The van der Waals surface area contributed by atoms with Gasteiger partial charge in [-0.05, 0) is 30.2 Å². The molecule has 2 aromatic rings. The van der Waals surface area contributed by atoms with E-state index in [0.717, 1.165) is 38.3 Å². The fraction of sp³-hybridized carbons (Fsp3) is 0.278. The lowest BCUT2D eigenvalue weighted by Gasteiger charge is -2.36. The summed E-state index contributed by atoms with van der Waals surface area (Å²) in [5, 5.41) is 0. The van der Waals surface area contributed by atoms with Crippen LogP contribution in [-0.4, -0.2) is 31.1 Å². The fourth-order valence-corrected chi connectivity index (χ4v) is 2.71. The molecule has 2 nitrogen and oxygen atoms in total. The van der Waals surface area contributed by atoms with Crippen molar-refractivity contribution in [1.29, 1.82) is 0 Å². The first-order valence-corrected chi connectivity index (χ1v) is 7.24. The third-order valence-electron chi connectivity index (χ3n) is 3.92. The van der Waals surface area contributed by atoms with Gasteiger partial charge < -0.3 is 4.90 Å². The minimum absolute atomic E-state index is 1.06. The predicted molar refractivity (Wildman–Crippen MR) is 84.8 cm³/mol. The third kappa shape index (κ3) is 3.20. The molecule has 0 bridgehead atoms. The van der Waals surface area contributed by atoms with Crippen LogP contribution in [0.25, 0.3) is 0 Å². The molecule has 0 amide bonds. The van der Waals surface area contributed by atoms with Gasteiger partial charge in [0.05, 0.1) is 0 Å². The predicted octanol–water partition coefficient (Wildman–Crippen LogP) is 3.19. The Morgan fingerprint density at radius 1 is 0.800 bits per heavy atom. The molecule has 0 aromatic heterocycles. The molecule has 3 rings (SSSR count). The van der Waals surface area contributed by atoms with E-state index < -0.39 is 0 Å². The molecule has 0 saturated carbocycles. The quantitative estimate of drug-likeness (QED) is 0.841. The molecule has 0 unspecified atom stereocenters. The molecule has 1 radical (unpaired) electrons. The highest BCUT2D eigenvalue weighted by Crippen LogP contribution is 2.17. The van der Waals surface area contributed by atoms with Crippen molar-refractivity contribution in [2.45, 2.75) is 6.54 Å². The maximum Gasteiger partial charge on any atom is 0.0367 e. The van der Waals surface area contributed by atoms with E-state index in [-0.39, 0.29) is 0 Å². The van der Waals surface area contributed by atoms with Gasteiger partial charge in [0.2, 0.25) is 0 Å². The van der Waals surface area contributed by atoms with Crippen LogP contribution in [0.2, 0.25) is 0 Å². The first kappa shape index (κ1) is 13.2. The zero-order valence-electron chi connectivity index (χ0n) is 11.8. The van der Waals surface area contributed by atoms with Crippen molar-refractivity contribution >= 4 is 5.69 Å². The molecule has 2 aromatic carbocycles. The van der Waals surface area contributed by atoms with Crippen LogP contribution in [0.5, 0.6) is 0 Å². The molecule has 0 aliphatic carbocycles. The van der Waals surface area contributed by atoms with Crippen LogP contribution in [-0.2, 0) is 6.54 Å². The summed E-state index contributed by atoms with van der Waals surface area (Å²) in [5.74, 6) is 0. The van der Waals surface area contributed by atoms with Crippen LogP contribution < -0.4 is 4.90 Å². The Balaban J connectivity index is 1.55. The number of piperazine rings is 1. The minimum atomic E-state index is 1.06. The van der Waals surface area contributed by atoms with Crippen molar-refractivity contribution in [3.63, 3.8) is 0 Å². The highest BCUT2D eigenvalue weighted by atomic mass is 15.3. The van der Waals surface area contributed by atoms with Crippen LogP contribution in [0, 0.1) is 6.92 Å². The summed E-state index contributed by atoms with van der Waals surface area (Å²) in [6.45, 7) is 9.45. The zero-order valence-corrected chi connectivity index (χ0v) is 11.8. The van der Waals surface area contributed by atoms with Gasteiger partial charge in [0, 0.05) is 38.4 Å². The van der Waals surface area contributed by atoms with Crippen molar-refractivity contribution in [2.75, 3.05) is 31.1 Å². The maximum atomic E-state index is 3.94. The maximum absolute atomic E-state index is 3.94. The topological polar surface area (TPSA) is 6.48 Å². The fourth-order valence-electron chi connectivity index (χ4n) is 2.71. The van der Waals surface area contributed by atoms with Gasteiger partial charge in [-0.15, -0.1) is 0 Å². The van der Waals surface area contributed by atoms with Gasteiger partial charge in [0.25, 0.3) is 0 Å². The Labute approximate surface area is 121 Å². The van der Waals surface area contributed by atoms with Crippen molar-refractivity contribution in [1.82, 2.24) is 4.90 Å². The highest BCUT2D eigenvalue weighted by molar-refractivity contribution is 5.48. The van der Waals surface area contributed by atoms with Crippen molar-refractivity contribution in [3.8, 4) is 0 Å². The van der Waals surface area contributed by atoms with E-state index in [1.54, 1.807) is 0 Å². The molecule has 1 heterocycles. The average molecular weight is 265 g/mol. The third-order valence-corrected chi connectivity index (χ3v) is 3.92. The molecular formula is C18H21N2. The largest absolute Gasteiger partial charge is 0.369 e. The molecule has 0 spiro atoms. The molecule has 0 atom stereocenters. The van der Waals surface area contributed by atoms with Crippen molar-refractivity contribution in [3.05, 3.63) is 72.6 Å². The van der Waals surface area contributed by atoms with E-state index in [9.17, 15) is 0 Å². The second kappa shape index (κ2) is 6.10. The smallest absolute Gasteiger partial charge is 0.0367 e. The number of hydrogen-bond acceptors (Lipinski definition) is 2. The second-order valence-corrected chi connectivity index (χ2v) is 5.42. The first-order valence-electron chi connectivity index (χ1n) is 7.24. The van der Waals surface area contributed by atoms with Gasteiger partial charge in [-0.2, -0.15) is 0 Å². The molecule has 1 fully saturated rings. The Morgan fingerprint density at radius 2 is 1.45 bits per heavy atom. The lowest BCUT2D eigenvalue weighted by molar-refractivity contribution is 0.250. The van der Waals surface area contributed by atoms with Gasteiger partial charge in [-0.1, -0.05) is 42.5 Å². The first-order chi connectivity index (χ1) is 9.81. The summed E-state index contributed by atoms with van der Waals surface area (Å²) >= 11 is 0. The minimum Gasteiger partial charge on any atom is -0.369 e. The monoisotopic (exact) mass is 265 g/mol. The number of anilines is 1. The van der Waals surface area contributed by atoms with E-state index in [1.165, 1.54) is 11.3 Å². The van der Waals surface area contributed by atoms with Gasteiger partial charge in [0.1, 0.15) is 0 Å².